The number of rotatable bonds is 2. The number of nitrogens with zero attached hydrogens (tertiary/aromatic N) is 1. The van der Waals surface area contributed by atoms with Gasteiger partial charge in [-0.2, -0.15) is 0 Å². The minimum absolute atomic E-state index is 0.495. The van der Waals surface area contributed by atoms with Crippen molar-refractivity contribution in [3.8, 4) is 0 Å². The lowest BCUT2D eigenvalue weighted by Crippen LogP contribution is -2.01. The van der Waals surface area contributed by atoms with Gasteiger partial charge in [-0.25, -0.2) is 4.98 Å². The molecular weight excluding hydrogens is 226 g/mol. The van der Waals surface area contributed by atoms with Gasteiger partial charge in [0.25, 0.3) is 0 Å². The summed E-state index contributed by atoms with van der Waals surface area (Å²) < 4.78 is 0.931. The van der Waals surface area contributed by atoms with Crippen molar-refractivity contribution < 1.29 is 0 Å². The highest BCUT2D eigenvalue weighted by atomic mass is 79.9. The number of halogens is 1. The van der Waals surface area contributed by atoms with Gasteiger partial charge in [0.2, 0.25) is 0 Å². The van der Waals surface area contributed by atoms with Crippen molar-refractivity contribution in [3.05, 3.63) is 28.0 Å². The van der Waals surface area contributed by atoms with Crippen molar-refractivity contribution in [2.75, 3.05) is 0 Å². The van der Waals surface area contributed by atoms with Crippen molar-refractivity contribution in [3.63, 3.8) is 0 Å². The molecule has 2 heteroatoms. The fourth-order valence-electron chi connectivity index (χ4n) is 1.41. The van der Waals surface area contributed by atoms with Crippen LogP contribution in [0.4, 0.5) is 0 Å². The highest BCUT2D eigenvalue weighted by Crippen LogP contribution is 2.25. The van der Waals surface area contributed by atoms with Gasteiger partial charge in [-0.1, -0.05) is 33.8 Å². The number of hydrogen-bond donors (Lipinski definition) is 0. The Bertz CT molecular complexity index is 292. The molecule has 0 aromatic carbocycles. The second-order valence-electron chi connectivity index (χ2n) is 3.92. The van der Waals surface area contributed by atoms with Gasteiger partial charge < -0.3 is 0 Å². The maximum absolute atomic E-state index is 4.51. The van der Waals surface area contributed by atoms with Gasteiger partial charge in [-0.3, -0.25) is 0 Å². The molecule has 0 aliphatic rings. The van der Waals surface area contributed by atoms with E-state index < -0.39 is 0 Å². The lowest BCUT2D eigenvalue weighted by molar-refractivity contribution is 0.754. The number of aromatic nitrogens is 1. The first-order valence-electron chi connectivity index (χ1n) is 4.68. The van der Waals surface area contributed by atoms with Crippen molar-refractivity contribution >= 4 is 15.9 Å². The standard InChI is InChI=1S/C11H16BrN/c1-7(2)9-5-6-10(12)13-11(9)8(3)4/h5-8H,1-4H3. The first-order valence-corrected chi connectivity index (χ1v) is 5.48. The Labute approximate surface area is 88.7 Å². The van der Waals surface area contributed by atoms with Gasteiger partial charge in [0, 0.05) is 5.69 Å². The molecular formula is C11H16BrN. The summed E-state index contributed by atoms with van der Waals surface area (Å²) in [6.07, 6.45) is 0. The first-order chi connectivity index (χ1) is 6.02. The zero-order chi connectivity index (χ0) is 10.0. The van der Waals surface area contributed by atoms with Gasteiger partial charge in [0.05, 0.1) is 0 Å². The average molecular weight is 242 g/mol. The Morgan fingerprint density at radius 2 is 1.69 bits per heavy atom. The Hall–Kier alpha value is -0.370. The van der Waals surface area contributed by atoms with Crippen LogP contribution in [0, 0.1) is 0 Å². The summed E-state index contributed by atoms with van der Waals surface area (Å²) in [6.45, 7) is 8.77. The fourth-order valence-corrected chi connectivity index (χ4v) is 1.73. The third kappa shape index (κ3) is 2.53. The minimum atomic E-state index is 0.495. The molecule has 0 fully saturated rings. The Kier molecular flexibility index (Phi) is 3.48. The molecule has 0 spiro atoms. The molecule has 1 aromatic rings. The van der Waals surface area contributed by atoms with Crippen LogP contribution in [0.3, 0.4) is 0 Å². The van der Waals surface area contributed by atoms with E-state index in [1.54, 1.807) is 0 Å². The Morgan fingerprint density at radius 1 is 1.08 bits per heavy atom. The molecule has 0 aliphatic heterocycles. The average Bonchev–Trinajstić information content (AvgIpc) is 2.03. The van der Waals surface area contributed by atoms with Crippen LogP contribution in [-0.4, -0.2) is 4.98 Å². The molecule has 1 aromatic heterocycles. The van der Waals surface area contributed by atoms with E-state index >= 15 is 0 Å². The number of hydrogen-bond acceptors (Lipinski definition) is 1. The third-order valence-electron chi connectivity index (χ3n) is 2.09. The van der Waals surface area contributed by atoms with Crippen LogP contribution >= 0.6 is 15.9 Å². The van der Waals surface area contributed by atoms with E-state index in [1.165, 1.54) is 11.3 Å². The summed E-state index contributed by atoms with van der Waals surface area (Å²) in [4.78, 5) is 4.51. The third-order valence-corrected chi connectivity index (χ3v) is 2.53. The molecule has 13 heavy (non-hydrogen) atoms. The van der Waals surface area contributed by atoms with E-state index in [0.717, 1.165) is 4.60 Å². The van der Waals surface area contributed by atoms with Crippen LogP contribution in [0.1, 0.15) is 50.8 Å². The molecule has 0 unspecified atom stereocenters. The summed E-state index contributed by atoms with van der Waals surface area (Å²) in [5.74, 6) is 1.05. The minimum Gasteiger partial charge on any atom is -0.245 e. The highest BCUT2D eigenvalue weighted by molar-refractivity contribution is 9.10. The Balaban J connectivity index is 3.19. The van der Waals surface area contributed by atoms with Gasteiger partial charge in [-0.15, -0.1) is 0 Å². The Morgan fingerprint density at radius 3 is 2.15 bits per heavy atom. The quantitative estimate of drug-likeness (QED) is 0.712. The van der Waals surface area contributed by atoms with Crippen LogP contribution in [0.5, 0.6) is 0 Å². The molecule has 0 saturated carbocycles. The first kappa shape index (κ1) is 10.7. The summed E-state index contributed by atoms with van der Waals surface area (Å²) in [6, 6.07) is 4.18. The molecule has 0 atom stereocenters. The second kappa shape index (κ2) is 4.23. The SMILES string of the molecule is CC(C)c1ccc(Br)nc1C(C)C. The fraction of sp³-hybridized carbons (Fsp3) is 0.545. The van der Waals surface area contributed by atoms with Crippen molar-refractivity contribution in [1.82, 2.24) is 4.98 Å². The predicted molar refractivity (Wildman–Crippen MR) is 60.1 cm³/mol. The van der Waals surface area contributed by atoms with Gasteiger partial charge >= 0.3 is 0 Å². The predicted octanol–water partition coefficient (Wildman–Crippen LogP) is 4.09. The van der Waals surface area contributed by atoms with E-state index in [2.05, 4.69) is 54.7 Å². The monoisotopic (exact) mass is 241 g/mol. The van der Waals surface area contributed by atoms with Crippen LogP contribution in [0.15, 0.2) is 16.7 Å². The van der Waals surface area contributed by atoms with Crippen LogP contribution in [-0.2, 0) is 0 Å². The van der Waals surface area contributed by atoms with E-state index in [0.29, 0.717) is 11.8 Å². The molecule has 0 N–H and O–H groups in total. The lowest BCUT2D eigenvalue weighted by atomic mass is 9.96. The summed E-state index contributed by atoms with van der Waals surface area (Å²) >= 11 is 3.40. The molecule has 0 amide bonds. The lowest BCUT2D eigenvalue weighted by Gasteiger charge is -2.14. The van der Waals surface area contributed by atoms with E-state index in [-0.39, 0.29) is 0 Å². The van der Waals surface area contributed by atoms with Gasteiger partial charge in [-0.05, 0) is 39.4 Å². The zero-order valence-corrected chi connectivity index (χ0v) is 10.2. The maximum atomic E-state index is 4.51. The highest BCUT2D eigenvalue weighted by Gasteiger charge is 2.11. The summed E-state index contributed by atoms with van der Waals surface area (Å²) in [5.41, 5.74) is 2.57. The van der Waals surface area contributed by atoms with E-state index in [9.17, 15) is 0 Å². The molecule has 0 aliphatic carbocycles. The van der Waals surface area contributed by atoms with Crippen molar-refractivity contribution in [2.24, 2.45) is 0 Å². The van der Waals surface area contributed by atoms with Crippen LogP contribution in [0.2, 0.25) is 0 Å². The molecule has 0 saturated heterocycles. The van der Waals surface area contributed by atoms with Crippen LogP contribution in [0.25, 0.3) is 0 Å². The maximum Gasteiger partial charge on any atom is 0.106 e. The molecule has 1 heterocycles. The molecule has 1 rings (SSSR count). The molecule has 72 valence electrons. The largest absolute Gasteiger partial charge is 0.245 e. The topological polar surface area (TPSA) is 12.9 Å². The summed E-state index contributed by atoms with van der Waals surface area (Å²) in [7, 11) is 0. The van der Waals surface area contributed by atoms with Crippen molar-refractivity contribution in [2.45, 2.75) is 39.5 Å². The van der Waals surface area contributed by atoms with E-state index in [1.807, 2.05) is 6.07 Å². The summed E-state index contributed by atoms with van der Waals surface area (Å²) in [5, 5.41) is 0. The van der Waals surface area contributed by atoms with Gasteiger partial charge in [0.15, 0.2) is 0 Å². The van der Waals surface area contributed by atoms with Crippen molar-refractivity contribution in [1.29, 1.82) is 0 Å². The zero-order valence-electron chi connectivity index (χ0n) is 8.63. The smallest absolute Gasteiger partial charge is 0.106 e. The second-order valence-corrected chi connectivity index (χ2v) is 4.73. The molecule has 0 bridgehead atoms. The normalized spacial score (nSPS) is 11.3. The number of pyridine rings is 1. The van der Waals surface area contributed by atoms with Crippen LogP contribution < -0.4 is 0 Å². The molecule has 0 radical (unpaired) electrons. The molecule has 1 nitrogen and oxygen atoms in total. The van der Waals surface area contributed by atoms with Gasteiger partial charge in [0.1, 0.15) is 4.60 Å². The van der Waals surface area contributed by atoms with E-state index in [4.69, 9.17) is 0 Å².